The molecule has 0 fully saturated rings. The number of nitrogens with one attached hydrogen (secondary N) is 1. The lowest BCUT2D eigenvalue weighted by Crippen LogP contribution is -1.92. The topological polar surface area (TPSA) is 71.1 Å². The number of nitrogens with zero attached hydrogens (tertiary/aromatic N) is 2. The van der Waals surface area contributed by atoms with E-state index in [1.165, 1.54) is 0 Å². The zero-order valence-corrected chi connectivity index (χ0v) is 15.2. The van der Waals surface area contributed by atoms with Crippen LogP contribution in [0.3, 0.4) is 0 Å². The first-order chi connectivity index (χ1) is 12.7. The van der Waals surface area contributed by atoms with Crippen molar-refractivity contribution < 1.29 is 9.26 Å². The van der Waals surface area contributed by atoms with Crippen molar-refractivity contribution in [2.75, 3.05) is 12.4 Å². The van der Waals surface area contributed by atoms with Gasteiger partial charge in [-0.3, -0.25) is 0 Å². The molecule has 0 spiro atoms. The highest BCUT2D eigenvalue weighted by Crippen LogP contribution is 2.36. The zero-order chi connectivity index (χ0) is 18.5. The third-order valence-electron chi connectivity index (χ3n) is 3.61. The molecule has 0 aliphatic carbocycles. The minimum Gasteiger partial charge on any atom is -0.495 e. The minimum absolute atomic E-state index is 0.248. The fourth-order valence-electron chi connectivity index (χ4n) is 2.39. The smallest absolute Gasteiger partial charge is 0.179 e. The van der Waals surface area contributed by atoms with E-state index in [4.69, 9.17) is 32.5 Å². The average molecular weight is 386 g/mol. The maximum Gasteiger partial charge on any atom is 0.179 e. The Bertz CT molecular complexity index is 986. The summed E-state index contributed by atoms with van der Waals surface area (Å²) in [7, 11) is 1.59. The number of aromatic nitrogens is 1. The molecule has 0 radical (unpaired) electrons. The molecule has 130 valence electrons. The summed E-state index contributed by atoms with van der Waals surface area (Å²) in [4.78, 5) is 0. The normalized spacial score (nSPS) is 10.7. The molecule has 3 rings (SSSR count). The van der Waals surface area contributed by atoms with Gasteiger partial charge in [0.2, 0.25) is 0 Å². The van der Waals surface area contributed by atoms with Crippen LogP contribution in [0.5, 0.6) is 5.75 Å². The molecule has 1 aromatic heterocycles. The lowest BCUT2D eigenvalue weighted by molar-refractivity contribution is 0.414. The van der Waals surface area contributed by atoms with E-state index in [-0.39, 0.29) is 5.56 Å². The van der Waals surface area contributed by atoms with Gasteiger partial charge in [0, 0.05) is 17.8 Å². The van der Waals surface area contributed by atoms with Crippen LogP contribution in [-0.2, 0) is 0 Å². The molecule has 0 amide bonds. The highest BCUT2D eigenvalue weighted by molar-refractivity contribution is 6.39. The maximum atomic E-state index is 9.52. The van der Waals surface area contributed by atoms with Crippen LogP contribution < -0.4 is 10.1 Å². The number of hydrogen-bond acceptors (Lipinski definition) is 5. The minimum atomic E-state index is 0.248. The number of ether oxygens (including phenoxy) is 1. The maximum absolute atomic E-state index is 9.52. The monoisotopic (exact) mass is 385 g/mol. The molecule has 0 unspecified atom stereocenters. The summed E-state index contributed by atoms with van der Waals surface area (Å²) in [6.45, 7) is 0. The van der Waals surface area contributed by atoms with E-state index >= 15 is 0 Å². The molecular weight excluding hydrogens is 373 g/mol. The summed E-state index contributed by atoms with van der Waals surface area (Å²) in [5.74, 6) is 0.986. The number of rotatable bonds is 5. The lowest BCUT2D eigenvalue weighted by Gasteiger charge is -2.06. The summed E-state index contributed by atoms with van der Waals surface area (Å²) in [6, 6.07) is 14.6. The molecule has 7 heteroatoms. The third-order valence-corrected chi connectivity index (χ3v) is 4.24. The number of hydrogen-bond donors (Lipinski definition) is 1. The third kappa shape index (κ3) is 3.52. The number of benzene rings is 2. The van der Waals surface area contributed by atoms with Crippen LogP contribution in [0.25, 0.3) is 17.3 Å². The summed E-state index contributed by atoms with van der Waals surface area (Å²) in [6.07, 6.45) is 3.24. The molecule has 1 N–H and O–H groups in total. The van der Waals surface area contributed by atoms with Gasteiger partial charge < -0.3 is 14.6 Å². The number of halogens is 2. The van der Waals surface area contributed by atoms with Crippen LogP contribution in [0.2, 0.25) is 10.0 Å². The van der Waals surface area contributed by atoms with Gasteiger partial charge in [-0.2, -0.15) is 5.26 Å². The molecule has 1 heterocycles. The van der Waals surface area contributed by atoms with E-state index in [2.05, 4.69) is 16.5 Å². The Morgan fingerprint density at radius 1 is 1.15 bits per heavy atom. The van der Waals surface area contributed by atoms with E-state index < -0.39 is 0 Å². The van der Waals surface area contributed by atoms with Crippen molar-refractivity contribution in [3.05, 3.63) is 70.0 Å². The van der Waals surface area contributed by atoms with E-state index in [0.717, 1.165) is 5.69 Å². The zero-order valence-electron chi connectivity index (χ0n) is 13.7. The highest BCUT2D eigenvalue weighted by Gasteiger charge is 2.20. The molecule has 0 aliphatic rings. The van der Waals surface area contributed by atoms with Gasteiger partial charge in [-0.25, -0.2) is 0 Å². The van der Waals surface area contributed by atoms with Crippen LogP contribution in [0.15, 0.2) is 53.2 Å². The van der Waals surface area contributed by atoms with Crippen molar-refractivity contribution in [1.82, 2.24) is 5.16 Å². The van der Waals surface area contributed by atoms with Gasteiger partial charge in [-0.05, 0) is 24.3 Å². The first-order valence-corrected chi connectivity index (χ1v) is 8.31. The van der Waals surface area contributed by atoms with Crippen LogP contribution >= 0.6 is 23.2 Å². The van der Waals surface area contributed by atoms with Crippen molar-refractivity contribution in [2.45, 2.75) is 0 Å². The predicted octanol–water partition coefficient (Wildman–Crippen LogP) is 5.61. The van der Waals surface area contributed by atoms with Gasteiger partial charge in [-0.15, -0.1) is 0 Å². The van der Waals surface area contributed by atoms with Gasteiger partial charge in [-0.1, -0.05) is 46.6 Å². The second kappa shape index (κ2) is 7.96. The summed E-state index contributed by atoms with van der Waals surface area (Å²) in [5, 5.41) is 17.4. The number of para-hydroxylation sites is 2. The van der Waals surface area contributed by atoms with Gasteiger partial charge in [0.05, 0.1) is 22.8 Å². The lowest BCUT2D eigenvalue weighted by atomic mass is 10.1. The van der Waals surface area contributed by atoms with Crippen molar-refractivity contribution >= 4 is 35.0 Å². The quantitative estimate of drug-likeness (QED) is 0.617. The standard InChI is InChI=1S/C19H13Cl2N3O2/c1-25-17-8-3-2-7-15(17)23-10-9-16-12(11-22)19(24-26-16)18-13(20)5-4-6-14(18)21/h2-10,23H,1H3/b10-9+. The van der Waals surface area contributed by atoms with Crippen molar-refractivity contribution in [1.29, 1.82) is 5.26 Å². The van der Waals surface area contributed by atoms with Gasteiger partial charge >= 0.3 is 0 Å². The summed E-state index contributed by atoms with van der Waals surface area (Å²) in [5.41, 5.74) is 1.80. The Kier molecular flexibility index (Phi) is 5.47. The molecule has 2 aromatic carbocycles. The molecule has 0 bridgehead atoms. The van der Waals surface area contributed by atoms with Crippen LogP contribution in [-0.4, -0.2) is 12.3 Å². The van der Waals surface area contributed by atoms with E-state index in [0.29, 0.717) is 32.8 Å². The van der Waals surface area contributed by atoms with Crippen LogP contribution in [0.1, 0.15) is 11.3 Å². The summed E-state index contributed by atoms with van der Waals surface area (Å²) < 4.78 is 10.6. The van der Waals surface area contributed by atoms with Gasteiger partial charge in [0.1, 0.15) is 23.1 Å². The summed E-state index contributed by atoms with van der Waals surface area (Å²) >= 11 is 12.4. The van der Waals surface area contributed by atoms with Crippen LogP contribution in [0, 0.1) is 11.3 Å². The van der Waals surface area contributed by atoms with Gasteiger partial charge in [0.25, 0.3) is 0 Å². The Morgan fingerprint density at radius 3 is 2.58 bits per heavy atom. The molecule has 0 saturated heterocycles. The average Bonchev–Trinajstić information content (AvgIpc) is 3.04. The Labute approximate surface area is 160 Å². The highest BCUT2D eigenvalue weighted by atomic mass is 35.5. The van der Waals surface area contributed by atoms with E-state index in [1.807, 2.05) is 24.3 Å². The Morgan fingerprint density at radius 2 is 1.88 bits per heavy atom. The fraction of sp³-hybridized carbons (Fsp3) is 0.0526. The first kappa shape index (κ1) is 17.9. The van der Waals surface area contributed by atoms with Crippen molar-refractivity contribution in [3.63, 3.8) is 0 Å². The predicted molar refractivity (Wildman–Crippen MR) is 102 cm³/mol. The molecule has 0 saturated carbocycles. The number of nitriles is 1. The second-order valence-electron chi connectivity index (χ2n) is 5.16. The Balaban J connectivity index is 1.91. The largest absolute Gasteiger partial charge is 0.495 e. The SMILES string of the molecule is COc1ccccc1N/C=C/c1onc(-c2c(Cl)cccc2Cl)c1C#N. The van der Waals surface area contributed by atoms with E-state index in [9.17, 15) is 5.26 Å². The molecule has 26 heavy (non-hydrogen) atoms. The van der Waals surface area contributed by atoms with Crippen LogP contribution in [0.4, 0.5) is 5.69 Å². The number of methoxy groups -OCH3 is 1. The second-order valence-corrected chi connectivity index (χ2v) is 5.97. The van der Waals surface area contributed by atoms with Crippen molar-refractivity contribution in [2.24, 2.45) is 0 Å². The van der Waals surface area contributed by atoms with Crippen molar-refractivity contribution in [3.8, 4) is 23.1 Å². The molecule has 0 aliphatic heterocycles. The van der Waals surface area contributed by atoms with E-state index in [1.54, 1.807) is 37.6 Å². The first-order valence-electron chi connectivity index (χ1n) is 7.56. The molecule has 0 atom stereocenters. The Hall–Kier alpha value is -2.94. The molecular formula is C19H13Cl2N3O2. The molecule has 5 nitrogen and oxygen atoms in total. The number of anilines is 1. The fourth-order valence-corrected chi connectivity index (χ4v) is 2.97. The molecule has 3 aromatic rings. The van der Waals surface area contributed by atoms with Gasteiger partial charge in [0.15, 0.2) is 5.76 Å².